The number of rotatable bonds is 5. The number of carboxylic acids is 1. The van der Waals surface area contributed by atoms with Gasteiger partial charge in [-0.25, -0.2) is 4.79 Å². The number of aromatic nitrogens is 2. The Morgan fingerprint density at radius 2 is 2.22 bits per heavy atom. The molecule has 2 aromatic heterocycles. The second kappa shape index (κ2) is 7.06. The molecule has 0 radical (unpaired) electrons. The Hall–Kier alpha value is -2.24. The molecule has 2 unspecified atom stereocenters. The number of thioether (sulfide) groups is 1. The molecule has 2 atom stereocenters. The van der Waals surface area contributed by atoms with Crippen LogP contribution >= 0.6 is 34.4 Å². The van der Waals surface area contributed by atoms with Gasteiger partial charge >= 0.3 is 5.97 Å². The summed E-state index contributed by atoms with van der Waals surface area (Å²) >= 11 is 4.19. The third-order valence-electron chi connectivity index (χ3n) is 4.19. The van der Waals surface area contributed by atoms with Crippen LogP contribution in [0.15, 0.2) is 23.2 Å². The van der Waals surface area contributed by atoms with E-state index in [4.69, 9.17) is 0 Å². The maximum Gasteiger partial charge on any atom is 0.353 e. The van der Waals surface area contributed by atoms with Gasteiger partial charge in [-0.1, -0.05) is 17.4 Å². The first-order valence-corrected chi connectivity index (χ1v) is 10.7. The minimum absolute atomic E-state index is 0.0661. The third-order valence-corrected chi connectivity index (χ3v) is 7.24. The Morgan fingerprint density at radius 3 is 2.85 bits per heavy atom. The molecule has 0 aliphatic carbocycles. The first kappa shape index (κ1) is 18.1. The lowest BCUT2D eigenvalue weighted by atomic mass is 10.0. The molecule has 11 heteroatoms. The van der Waals surface area contributed by atoms with Crippen LogP contribution in [0, 0.1) is 6.92 Å². The fraction of sp³-hybridized carbons (Fsp3) is 0.312. The lowest BCUT2D eigenvalue weighted by Crippen LogP contribution is -2.70. The Kier molecular flexibility index (Phi) is 4.74. The van der Waals surface area contributed by atoms with E-state index in [1.54, 1.807) is 6.92 Å². The van der Waals surface area contributed by atoms with Gasteiger partial charge in [-0.15, -0.1) is 33.3 Å². The van der Waals surface area contributed by atoms with Gasteiger partial charge in [0.1, 0.15) is 27.1 Å². The number of nitrogens with zero attached hydrogens (tertiary/aromatic N) is 3. The average molecular weight is 423 g/mol. The SMILES string of the molecule is Cc1nnc(C2=C(C(=O)O)N3C(=O)C(NC(=O)Cc4cccs4)C3SC2)s1. The van der Waals surface area contributed by atoms with Gasteiger partial charge in [0.25, 0.3) is 5.91 Å². The number of aryl methyl sites for hydroxylation is 1. The van der Waals surface area contributed by atoms with Crippen molar-refractivity contribution in [3.63, 3.8) is 0 Å². The van der Waals surface area contributed by atoms with E-state index in [0.717, 1.165) is 9.88 Å². The van der Waals surface area contributed by atoms with Gasteiger partial charge in [-0.3, -0.25) is 14.5 Å². The topological polar surface area (TPSA) is 112 Å². The molecule has 0 aromatic carbocycles. The van der Waals surface area contributed by atoms with Crippen LogP contribution in [0.2, 0.25) is 0 Å². The number of hydrogen-bond acceptors (Lipinski definition) is 8. The molecule has 27 heavy (non-hydrogen) atoms. The number of carbonyl (C=O) groups excluding carboxylic acids is 2. The van der Waals surface area contributed by atoms with Crippen molar-refractivity contribution in [2.45, 2.75) is 24.8 Å². The van der Waals surface area contributed by atoms with E-state index in [0.29, 0.717) is 16.3 Å². The summed E-state index contributed by atoms with van der Waals surface area (Å²) in [7, 11) is 0. The molecule has 4 heterocycles. The highest BCUT2D eigenvalue weighted by molar-refractivity contribution is 8.00. The highest BCUT2D eigenvalue weighted by Crippen LogP contribution is 2.43. The van der Waals surface area contributed by atoms with Crippen molar-refractivity contribution in [3.05, 3.63) is 38.1 Å². The maximum atomic E-state index is 12.6. The highest BCUT2D eigenvalue weighted by Gasteiger charge is 2.54. The second-order valence-corrected chi connectivity index (χ2v) is 9.29. The van der Waals surface area contributed by atoms with Crippen molar-refractivity contribution in [3.8, 4) is 0 Å². The molecular weight excluding hydrogens is 408 g/mol. The molecular formula is C16H14N4O4S3. The van der Waals surface area contributed by atoms with Crippen LogP contribution in [-0.2, 0) is 20.8 Å². The van der Waals surface area contributed by atoms with Crippen LogP contribution < -0.4 is 5.32 Å². The van der Waals surface area contributed by atoms with Crippen LogP contribution in [0.3, 0.4) is 0 Å². The van der Waals surface area contributed by atoms with Gasteiger partial charge < -0.3 is 10.4 Å². The number of thiophene rings is 1. The Morgan fingerprint density at radius 1 is 1.41 bits per heavy atom. The fourth-order valence-electron chi connectivity index (χ4n) is 3.00. The Balaban J connectivity index is 1.54. The zero-order valence-electron chi connectivity index (χ0n) is 14.0. The zero-order valence-corrected chi connectivity index (χ0v) is 16.5. The number of amides is 2. The molecule has 2 aromatic rings. The molecule has 0 saturated carbocycles. The van der Waals surface area contributed by atoms with Crippen molar-refractivity contribution < 1.29 is 19.5 Å². The van der Waals surface area contributed by atoms with Gasteiger partial charge in [-0.2, -0.15) is 0 Å². The number of hydrogen-bond donors (Lipinski definition) is 2. The minimum atomic E-state index is -1.18. The number of nitrogens with one attached hydrogen (secondary N) is 1. The summed E-state index contributed by atoms with van der Waals surface area (Å²) in [6.45, 7) is 1.79. The van der Waals surface area contributed by atoms with Crippen molar-refractivity contribution in [1.82, 2.24) is 20.4 Å². The van der Waals surface area contributed by atoms with Crippen LogP contribution in [0.25, 0.3) is 5.57 Å². The summed E-state index contributed by atoms with van der Waals surface area (Å²) in [6, 6.07) is 3.01. The summed E-state index contributed by atoms with van der Waals surface area (Å²) in [5.74, 6) is -1.45. The normalized spacial score (nSPS) is 21.7. The lowest BCUT2D eigenvalue weighted by molar-refractivity contribution is -0.150. The number of carboxylic acid groups (broad SMARTS) is 1. The molecule has 4 rings (SSSR count). The highest BCUT2D eigenvalue weighted by atomic mass is 32.2. The molecule has 2 amide bonds. The molecule has 0 spiro atoms. The third kappa shape index (κ3) is 3.26. The van der Waals surface area contributed by atoms with E-state index < -0.39 is 23.3 Å². The van der Waals surface area contributed by atoms with E-state index in [2.05, 4.69) is 15.5 Å². The number of aliphatic carboxylic acids is 1. The van der Waals surface area contributed by atoms with Gasteiger partial charge in [0, 0.05) is 16.2 Å². The standard InChI is InChI=1S/C16H14N4O4S3/c1-7-18-19-13(27-7)9-6-26-15-11(14(22)20(15)12(9)16(23)24)17-10(21)5-8-3-2-4-25-8/h2-4,11,15H,5-6H2,1H3,(H,17,21)(H,23,24). The summed E-state index contributed by atoms with van der Waals surface area (Å²) in [5, 5.41) is 23.0. The first-order chi connectivity index (χ1) is 13.0. The predicted octanol–water partition coefficient (Wildman–Crippen LogP) is 1.35. The molecule has 1 saturated heterocycles. The van der Waals surface area contributed by atoms with E-state index in [-0.39, 0.29) is 18.0 Å². The van der Waals surface area contributed by atoms with Crippen LogP contribution in [0.4, 0.5) is 0 Å². The van der Waals surface area contributed by atoms with Crippen LogP contribution in [0.1, 0.15) is 14.9 Å². The molecule has 8 nitrogen and oxygen atoms in total. The van der Waals surface area contributed by atoms with Crippen molar-refractivity contribution in [2.24, 2.45) is 0 Å². The van der Waals surface area contributed by atoms with Gasteiger partial charge in [0.05, 0.1) is 6.42 Å². The zero-order chi connectivity index (χ0) is 19.1. The summed E-state index contributed by atoms with van der Waals surface area (Å²) in [6.07, 6.45) is 0.204. The average Bonchev–Trinajstić information content (AvgIpc) is 3.29. The molecule has 1 fully saturated rings. The summed E-state index contributed by atoms with van der Waals surface area (Å²) in [4.78, 5) is 38.8. The predicted molar refractivity (Wildman–Crippen MR) is 102 cm³/mol. The second-order valence-electron chi connectivity index (χ2n) is 5.97. The summed E-state index contributed by atoms with van der Waals surface area (Å²) in [5.41, 5.74) is 0.426. The quantitative estimate of drug-likeness (QED) is 0.699. The molecule has 2 N–H and O–H groups in total. The van der Waals surface area contributed by atoms with Gasteiger partial charge in [0.15, 0.2) is 0 Å². The Bertz CT molecular complexity index is 953. The molecule has 2 aliphatic heterocycles. The number of carbonyl (C=O) groups is 3. The smallest absolute Gasteiger partial charge is 0.353 e. The van der Waals surface area contributed by atoms with Crippen molar-refractivity contribution in [1.29, 1.82) is 0 Å². The first-order valence-electron chi connectivity index (χ1n) is 7.99. The fourth-order valence-corrected chi connectivity index (χ4v) is 5.87. The number of β-lactam (4-membered cyclic amide) rings is 1. The molecule has 0 bridgehead atoms. The summed E-state index contributed by atoms with van der Waals surface area (Å²) < 4.78 is 0. The van der Waals surface area contributed by atoms with Crippen LogP contribution in [-0.4, -0.2) is 55.2 Å². The van der Waals surface area contributed by atoms with Gasteiger partial charge in [-0.05, 0) is 18.4 Å². The lowest BCUT2D eigenvalue weighted by Gasteiger charge is -2.49. The molecule has 140 valence electrons. The van der Waals surface area contributed by atoms with Crippen LogP contribution in [0.5, 0.6) is 0 Å². The largest absolute Gasteiger partial charge is 0.477 e. The molecule has 2 aliphatic rings. The monoisotopic (exact) mass is 422 g/mol. The van der Waals surface area contributed by atoms with E-state index in [1.807, 2.05) is 17.5 Å². The number of fused-ring (bicyclic) bond motifs is 1. The van der Waals surface area contributed by atoms with E-state index in [9.17, 15) is 19.5 Å². The van der Waals surface area contributed by atoms with Gasteiger partial charge in [0.2, 0.25) is 5.91 Å². The van der Waals surface area contributed by atoms with Crippen molar-refractivity contribution >= 4 is 57.8 Å². The minimum Gasteiger partial charge on any atom is -0.477 e. The van der Waals surface area contributed by atoms with Crippen molar-refractivity contribution in [2.75, 3.05) is 5.75 Å². The van der Waals surface area contributed by atoms with E-state index >= 15 is 0 Å². The van der Waals surface area contributed by atoms with E-state index in [1.165, 1.54) is 39.3 Å². The maximum absolute atomic E-state index is 12.6. The Labute approximate surface area is 166 Å².